The predicted molar refractivity (Wildman–Crippen MR) is 144 cm³/mol. The Labute approximate surface area is 232 Å². The number of fused-ring (bicyclic) bond motifs is 4. The molecule has 3 aromatic heterocycles. The van der Waals surface area contributed by atoms with E-state index < -0.39 is 17.8 Å². The Balaban J connectivity index is 1.39. The maximum atomic E-state index is 13.7. The third-order valence-electron chi connectivity index (χ3n) is 7.20. The lowest BCUT2D eigenvalue weighted by atomic mass is 9.96. The topological polar surface area (TPSA) is 78.2 Å². The van der Waals surface area contributed by atoms with Crippen LogP contribution >= 0.6 is 0 Å². The van der Waals surface area contributed by atoms with Crippen molar-refractivity contribution in [2.75, 3.05) is 27.4 Å². The zero-order chi connectivity index (χ0) is 28.7. The number of hydrogen-bond acceptors (Lipinski definition) is 6. The van der Waals surface area contributed by atoms with Crippen molar-refractivity contribution in [2.45, 2.75) is 18.6 Å². The largest absolute Gasteiger partial charge is 0.491 e. The van der Waals surface area contributed by atoms with E-state index in [2.05, 4.69) is 9.97 Å². The molecule has 6 rings (SSSR count). The summed E-state index contributed by atoms with van der Waals surface area (Å²) in [6, 6.07) is 16.4. The minimum absolute atomic E-state index is 0.143. The molecule has 0 aliphatic carbocycles. The number of ether oxygens (including phenoxy) is 3. The molecule has 1 atom stereocenters. The summed E-state index contributed by atoms with van der Waals surface area (Å²) in [4.78, 5) is 24.2. The van der Waals surface area contributed by atoms with Crippen molar-refractivity contribution in [3.8, 4) is 17.4 Å². The van der Waals surface area contributed by atoms with E-state index in [1.54, 1.807) is 21.6 Å². The molecular formula is C30H25F3N4O4. The molecule has 5 aromatic rings. The number of rotatable bonds is 6. The smallest absolute Gasteiger partial charge is 0.416 e. The molecule has 2 aromatic carbocycles. The quantitative estimate of drug-likeness (QED) is 0.273. The monoisotopic (exact) mass is 562 g/mol. The number of methoxy groups -OCH3 is 2. The lowest BCUT2D eigenvalue weighted by Crippen LogP contribution is -2.43. The molecule has 0 spiro atoms. The summed E-state index contributed by atoms with van der Waals surface area (Å²) < 4.78 is 58.5. The van der Waals surface area contributed by atoms with Gasteiger partial charge in [-0.3, -0.25) is 4.79 Å². The Morgan fingerprint density at radius 1 is 1.02 bits per heavy atom. The van der Waals surface area contributed by atoms with Gasteiger partial charge in [0.25, 0.3) is 11.8 Å². The van der Waals surface area contributed by atoms with Gasteiger partial charge in [0.2, 0.25) is 0 Å². The number of pyridine rings is 2. The van der Waals surface area contributed by atoms with E-state index in [1.165, 1.54) is 20.4 Å². The van der Waals surface area contributed by atoms with Crippen LogP contribution in [-0.2, 0) is 17.4 Å². The van der Waals surface area contributed by atoms with Crippen molar-refractivity contribution in [2.24, 2.45) is 0 Å². The number of carbonyl (C=O) groups excluding carboxylic acids is 1. The van der Waals surface area contributed by atoms with Gasteiger partial charge >= 0.3 is 6.18 Å². The maximum Gasteiger partial charge on any atom is 0.416 e. The molecule has 0 N–H and O–H groups in total. The minimum atomic E-state index is -4.51. The van der Waals surface area contributed by atoms with Crippen LogP contribution in [0, 0.1) is 0 Å². The number of benzene rings is 2. The van der Waals surface area contributed by atoms with Crippen LogP contribution in [0.2, 0.25) is 0 Å². The van der Waals surface area contributed by atoms with E-state index in [4.69, 9.17) is 14.2 Å². The highest BCUT2D eigenvalue weighted by Gasteiger charge is 2.38. The number of amides is 1. The molecule has 1 aliphatic rings. The van der Waals surface area contributed by atoms with Crippen LogP contribution < -0.4 is 14.2 Å². The van der Waals surface area contributed by atoms with Gasteiger partial charge in [-0.2, -0.15) is 13.2 Å². The summed E-state index contributed by atoms with van der Waals surface area (Å²) in [6.07, 6.45) is -1.25. The molecule has 0 saturated heterocycles. The zero-order valence-corrected chi connectivity index (χ0v) is 22.2. The number of hydrogen-bond donors (Lipinski definition) is 0. The third kappa shape index (κ3) is 4.88. The summed E-state index contributed by atoms with van der Waals surface area (Å²) in [6.45, 7) is 0.0434. The summed E-state index contributed by atoms with van der Waals surface area (Å²) >= 11 is 0. The molecule has 41 heavy (non-hydrogen) atoms. The van der Waals surface area contributed by atoms with Gasteiger partial charge in [0.15, 0.2) is 12.4 Å². The Kier molecular flexibility index (Phi) is 6.64. The normalized spacial score (nSPS) is 15.1. The number of carbonyl (C=O) groups is 1. The van der Waals surface area contributed by atoms with E-state index in [0.29, 0.717) is 34.9 Å². The molecule has 11 heteroatoms. The van der Waals surface area contributed by atoms with Crippen LogP contribution in [0.3, 0.4) is 0 Å². The first kappa shape index (κ1) is 26.4. The van der Waals surface area contributed by atoms with Gasteiger partial charge in [0.1, 0.15) is 17.4 Å². The average molecular weight is 563 g/mol. The van der Waals surface area contributed by atoms with Crippen molar-refractivity contribution < 1.29 is 32.2 Å². The second kappa shape index (κ2) is 10.3. The van der Waals surface area contributed by atoms with Crippen molar-refractivity contribution in [3.63, 3.8) is 0 Å². The van der Waals surface area contributed by atoms with E-state index in [1.807, 2.05) is 42.5 Å². The first-order valence-corrected chi connectivity index (χ1v) is 12.8. The van der Waals surface area contributed by atoms with Crippen LogP contribution in [0.4, 0.5) is 13.2 Å². The van der Waals surface area contributed by atoms with Crippen LogP contribution in [0.5, 0.6) is 17.4 Å². The van der Waals surface area contributed by atoms with Crippen molar-refractivity contribution in [1.29, 1.82) is 0 Å². The first-order chi connectivity index (χ1) is 19.8. The molecule has 8 nitrogen and oxygen atoms in total. The first-order valence-electron chi connectivity index (χ1n) is 12.8. The van der Waals surface area contributed by atoms with Crippen LogP contribution in [0.25, 0.3) is 16.4 Å². The van der Waals surface area contributed by atoms with Crippen LogP contribution in [0.1, 0.15) is 28.6 Å². The molecule has 0 radical (unpaired) electrons. The highest BCUT2D eigenvalue weighted by atomic mass is 19.4. The lowest BCUT2D eigenvalue weighted by molar-refractivity contribution is -0.137. The number of halogens is 3. The summed E-state index contributed by atoms with van der Waals surface area (Å²) in [5.41, 5.74) is 1.11. The second-order valence-corrected chi connectivity index (χ2v) is 9.60. The van der Waals surface area contributed by atoms with E-state index in [-0.39, 0.29) is 30.6 Å². The number of alkyl halides is 3. The Bertz CT molecular complexity index is 1770. The van der Waals surface area contributed by atoms with Crippen LogP contribution in [-0.4, -0.2) is 52.5 Å². The summed E-state index contributed by atoms with van der Waals surface area (Å²) in [5.74, 6) is 0.863. The third-order valence-corrected chi connectivity index (χ3v) is 7.20. The molecule has 4 heterocycles. The fraction of sp³-hybridized carbons (Fsp3) is 0.233. The molecule has 0 saturated carbocycles. The average Bonchev–Trinajstić information content (AvgIpc) is 3.36. The van der Waals surface area contributed by atoms with E-state index in [9.17, 15) is 18.0 Å². The van der Waals surface area contributed by atoms with Crippen molar-refractivity contribution in [1.82, 2.24) is 19.3 Å². The molecule has 0 fully saturated rings. The number of aromatic nitrogens is 3. The van der Waals surface area contributed by atoms with Gasteiger partial charge < -0.3 is 23.5 Å². The maximum absolute atomic E-state index is 13.7. The molecule has 1 amide bonds. The van der Waals surface area contributed by atoms with Gasteiger partial charge in [-0.25, -0.2) is 9.97 Å². The molecule has 210 valence electrons. The highest BCUT2D eigenvalue weighted by molar-refractivity contribution is 5.84. The summed E-state index contributed by atoms with van der Waals surface area (Å²) in [7, 11) is 2.94. The Morgan fingerprint density at radius 2 is 1.83 bits per heavy atom. The van der Waals surface area contributed by atoms with E-state index in [0.717, 1.165) is 22.9 Å². The number of imidazole rings is 1. The van der Waals surface area contributed by atoms with Crippen LogP contribution in [0.15, 0.2) is 73.1 Å². The SMILES string of the molecule is COc1cc(C2c3c(nc4cc(C(F)(F)F)ccn34)CCN2C(=O)COc2ccc3ccccc3c2)cnc1OC. The lowest BCUT2D eigenvalue weighted by Gasteiger charge is -2.36. The second-order valence-electron chi connectivity index (χ2n) is 9.60. The number of nitrogens with zero attached hydrogens (tertiary/aromatic N) is 4. The fourth-order valence-electron chi connectivity index (χ4n) is 5.25. The van der Waals surface area contributed by atoms with Gasteiger partial charge in [0.05, 0.1) is 31.2 Å². The minimum Gasteiger partial charge on any atom is -0.491 e. The van der Waals surface area contributed by atoms with Gasteiger partial charge in [-0.15, -0.1) is 0 Å². The zero-order valence-electron chi connectivity index (χ0n) is 22.2. The van der Waals surface area contributed by atoms with Gasteiger partial charge in [0, 0.05) is 30.9 Å². The predicted octanol–water partition coefficient (Wildman–Crippen LogP) is 5.47. The van der Waals surface area contributed by atoms with Crippen molar-refractivity contribution in [3.05, 3.63) is 95.6 Å². The highest BCUT2D eigenvalue weighted by Crippen LogP contribution is 2.39. The van der Waals surface area contributed by atoms with Gasteiger partial charge in [-0.05, 0) is 41.1 Å². The van der Waals surface area contributed by atoms with Gasteiger partial charge in [-0.1, -0.05) is 30.3 Å². The van der Waals surface area contributed by atoms with Crippen molar-refractivity contribution >= 4 is 22.3 Å². The molecular weight excluding hydrogens is 537 g/mol. The molecule has 1 unspecified atom stereocenters. The fourth-order valence-corrected chi connectivity index (χ4v) is 5.25. The Hall–Kier alpha value is -4.80. The molecule has 1 aliphatic heterocycles. The standard InChI is InChI=1S/C30H25F3N4O4/c1-39-24-14-20(16-34-29(24)40-2)27-28-23(35-25-15-21(30(31,32)33)9-11-36(25)28)10-12-37(27)26(38)17-41-22-8-7-18-5-3-4-6-19(18)13-22/h3-9,11,13-16,27H,10,12,17H2,1-2H3. The molecule has 0 bridgehead atoms. The Morgan fingerprint density at radius 3 is 2.59 bits per heavy atom. The summed E-state index contributed by atoms with van der Waals surface area (Å²) in [5, 5.41) is 2.04. The van der Waals surface area contributed by atoms with E-state index >= 15 is 0 Å².